The maximum atomic E-state index is 11.7. The lowest BCUT2D eigenvalue weighted by atomic mass is 10.2. The van der Waals surface area contributed by atoms with E-state index in [2.05, 4.69) is 15.5 Å². The van der Waals surface area contributed by atoms with E-state index in [4.69, 9.17) is 4.74 Å². The molecule has 2 N–H and O–H groups in total. The van der Waals surface area contributed by atoms with Crippen molar-refractivity contribution in [2.75, 3.05) is 11.9 Å². The Hall–Kier alpha value is -2.30. The molecule has 0 spiro atoms. The Morgan fingerprint density at radius 3 is 2.70 bits per heavy atom. The first-order valence-corrected chi connectivity index (χ1v) is 6.64. The minimum absolute atomic E-state index is 0.0372. The summed E-state index contributed by atoms with van der Waals surface area (Å²) in [5.74, 6) is 1.46. The minimum atomic E-state index is -0.0372. The zero-order valence-electron chi connectivity index (χ0n) is 11.8. The van der Waals surface area contributed by atoms with Gasteiger partial charge in [-0.05, 0) is 32.4 Å². The van der Waals surface area contributed by atoms with Crippen LogP contribution in [-0.2, 0) is 4.79 Å². The van der Waals surface area contributed by atoms with Gasteiger partial charge in [-0.15, -0.1) is 0 Å². The predicted molar refractivity (Wildman–Crippen MR) is 77.9 cm³/mol. The molecule has 20 heavy (non-hydrogen) atoms. The molecule has 0 aliphatic heterocycles. The third-order valence-corrected chi connectivity index (χ3v) is 2.93. The third kappa shape index (κ3) is 4.12. The molecule has 106 valence electrons. The summed E-state index contributed by atoms with van der Waals surface area (Å²) in [5, 5.41) is 9.38. The van der Waals surface area contributed by atoms with Crippen LogP contribution in [-0.4, -0.2) is 22.7 Å². The van der Waals surface area contributed by atoms with Crippen molar-refractivity contribution in [3.8, 4) is 5.75 Å². The topological polar surface area (TPSA) is 67.0 Å². The number of amides is 1. The molecule has 0 unspecified atom stereocenters. The van der Waals surface area contributed by atoms with Gasteiger partial charge in [-0.2, -0.15) is 5.10 Å². The SMILES string of the molecule is Cc1ccc(OCCCC(=O)Nc2[nH]ncc2C)cc1. The van der Waals surface area contributed by atoms with Gasteiger partial charge in [-0.3, -0.25) is 9.89 Å². The lowest BCUT2D eigenvalue weighted by Gasteiger charge is -2.07. The Balaban J connectivity index is 1.67. The van der Waals surface area contributed by atoms with Crippen LogP contribution in [0.4, 0.5) is 5.82 Å². The minimum Gasteiger partial charge on any atom is -0.494 e. The molecule has 0 atom stereocenters. The number of ether oxygens (including phenoxy) is 1. The average Bonchev–Trinajstić information content (AvgIpc) is 2.82. The smallest absolute Gasteiger partial charge is 0.225 e. The van der Waals surface area contributed by atoms with Crippen LogP contribution in [0.3, 0.4) is 0 Å². The van der Waals surface area contributed by atoms with Crippen molar-refractivity contribution >= 4 is 11.7 Å². The highest BCUT2D eigenvalue weighted by Gasteiger charge is 2.06. The first-order chi connectivity index (χ1) is 9.65. The number of hydrogen-bond acceptors (Lipinski definition) is 3. The molecule has 0 aliphatic carbocycles. The van der Waals surface area contributed by atoms with Crippen LogP contribution in [0.15, 0.2) is 30.5 Å². The van der Waals surface area contributed by atoms with Crippen molar-refractivity contribution in [3.63, 3.8) is 0 Å². The lowest BCUT2D eigenvalue weighted by Crippen LogP contribution is -2.13. The van der Waals surface area contributed by atoms with Crippen molar-refractivity contribution in [2.45, 2.75) is 26.7 Å². The van der Waals surface area contributed by atoms with Gasteiger partial charge in [0.15, 0.2) is 0 Å². The third-order valence-electron chi connectivity index (χ3n) is 2.93. The Kier molecular flexibility index (Phi) is 4.76. The van der Waals surface area contributed by atoms with E-state index in [0.29, 0.717) is 25.3 Å². The van der Waals surface area contributed by atoms with Crippen LogP contribution >= 0.6 is 0 Å². The van der Waals surface area contributed by atoms with Crippen LogP contribution in [0, 0.1) is 13.8 Å². The maximum Gasteiger partial charge on any atom is 0.225 e. The van der Waals surface area contributed by atoms with Crippen molar-refractivity contribution in [2.24, 2.45) is 0 Å². The summed E-state index contributed by atoms with van der Waals surface area (Å²) >= 11 is 0. The Labute approximate surface area is 118 Å². The van der Waals surface area contributed by atoms with Gasteiger partial charge < -0.3 is 10.1 Å². The zero-order chi connectivity index (χ0) is 14.4. The van der Waals surface area contributed by atoms with E-state index in [0.717, 1.165) is 11.3 Å². The quantitative estimate of drug-likeness (QED) is 0.795. The van der Waals surface area contributed by atoms with E-state index in [1.54, 1.807) is 6.20 Å². The summed E-state index contributed by atoms with van der Waals surface area (Å²) in [6, 6.07) is 7.87. The summed E-state index contributed by atoms with van der Waals surface area (Å²) < 4.78 is 5.57. The highest BCUT2D eigenvalue weighted by atomic mass is 16.5. The number of aromatic amines is 1. The molecular formula is C15H19N3O2. The number of carbonyl (C=O) groups excluding carboxylic acids is 1. The number of benzene rings is 1. The second kappa shape index (κ2) is 6.75. The summed E-state index contributed by atoms with van der Waals surface area (Å²) in [6.07, 6.45) is 2.77. The standard InChI is InChI=1S/C15H19N3O2/c1-11-5-7-13(8-6-11)20-9-3-4-14(19)17-15-12(2)10-16-18-15/h5-8,10H,3-4,9H2,1-2H3,(H2,16,17,18,19). The van der Waals surface area contributed by atoms with Crippen LogP contribution in [0.5, 0.6) is 5.75 Å². The van der Waals surface area contributed by atoms with E-state index in [-0.39, 0.29) is 5.91 Å². The zero-order valence-corrected chi connectivity index (χ0v) is 11.8. The van der Waals surface area contributed by atoms with Gasteiger partial charge in [0, 0.05) is 12.0 Å². The molecule has 0 radical (unpaired) electrons. The Morgan fingerprint density at radius 2 is 2.05 bits per heavy atom. The molecular weight excluding hydrogens is 254 g/mol. The number of aryl methyl sites for hydroxylation is 2. The van der Waals surface area contributed by atoms with Gasteiger partial charge in [0.2, 0.25) is 5.91 Å². The monoisotopic (exact) mass is 273 g/mol. The van der Waals surface area contributed by atoms with Gasteiger partial charge in [0.1, 0.15) is 11.6 Å². The van der Waals surface area contributed by atoms with Gasteiger partial charge in [0.05, 0.1) is 12.8 Å². The van der Waals surface area contributed by atoms with E-state index >= 15 is 0 Å². The van der Waals surface area contributed by atoms with E-state index in [1.165, 1.54) is 5.56 Å². The molecule has 1 aromatic heterocycles. The van der Waals surface area contributed by atoms with Crippen molar-refractivity contribution in [3.05, 3.63) is 41.6 Å². The number of aromatic nitrogens is 2. The number of hydrogen-bond donors (Lipinski definition) is 2. The summed E-state index contributed by atoms with van der Waals surface area (Å²) in [5.41, 5.74) is 2.13. The molecule has 1 aromatic carbocycles. The van der Waals surface area contributed by atoms with Crippen LogP contribution < -0.4 is 10.1 Å². The average molecular weight is 273 g/mol. The normalized spacial score (nSPS) is 10.3. The molecule has 0 saturated heterocycles. The molecule has 1 amide bonds. The molecule has 0 fully saturated rings. The number of anilines is 1. The fourth-order valence-electron chi connectivity index (χ4n) is 1.73. The van der Waals surface area contributed by atoms with E-state index in [9.17, 15) is 4.79 Å². The summed E-state index contributed by atoms with van der Waals surface area (Å²) in [7, 11) is 0. The van der Waals surface area contributed by atoms with Crippen LogP contribution in [0.25, 0.3) is 0 Å². The Bertz CT molecular complexity index is 561. The maximum absolute atomic E-state index is 11.7. The first-order valence-electron chi connectivity index (χ1n) is 6.64. The molecule has 2 aromatic rings. The van der Waals surface area contributed by atoms with Gasteiger partial charge in [0.25, 0.3) is 0 Å². The number of rotatable bonds is 6. The fourth-order valence-corrected chi connectivity index (χ4v) is 1.73. The summed E-state index contributed by atoms with van der Waals surface area (Å²) in [6.45, 7) is 4.45. The number of nitrogens with zero attached hydrogens (tertiary/aromatic N) is 1. The molecule has 0 saturated carbocycles. The summed E-state index contributed by atoms with van der Waals surface area (Å²) in [4.78, 5) is 11.7. The highest BCUT2D eigenvalue weighted by molar-refractivity contribution is 5.90. The van der Waals surface area contributed by atoms with E-state index < -0.39 is 0 Å². The molecule has 0 bridgehead atoms. The second-order valence-electron chi connectivity index (χ2n) is 4.74. The molecule has 2 rings (SSSR count). The predicted octanol–water partition coefficient (Wildman–Crippen LogP) is 2.82. The Morgan fingerprint density at radius 1 is 1.30 bits per heavy atom. The van der Waals surface area contributed by atoms with E-state index in [1.807, 2.05) is 38.1 Å². The van der Waals surface area contributed by atoms with Crippen molar-refractivity contribution < 1.29 is 9.53 Å². The lowest BCUT2D eigenvalue weighted by molar-refractivity contribution is -0.116. The molecule has 5 nitrogen and oxygen atoms in total. The number of H-pyrrole nitrogens is 1. The van der Waals surface area contributed by atoms with Crippen LogP contribution in [0.1, 0.15) is 24.0 Å². The molecule has 0 aliphatic rings. The van der Waals surface area contributed by atoms with Crippen LogP contribution in [0.2, 0.25) is 0 Å². The first kappa shape index (κ1) is 14.1. The fraction of sp³-hybridized carbons (Fsp3) is 0.333. The van der Waals surface area contributed by atoms with Crippen molar-refractivity contribution in [1.82, 2.24) is 10.2 Å². The van der Waals surface area contributed by atoms with Crippen molar-refractivity contribution in [1.29, 1.82) is 0 Å². The number of carbonyl (C=O) groups is 1. The highest BCUT2D eigenvalue weighted by Crippen LogP contribution is 2.12. The second-order valence-corrected chi connectivity index (χ2v) is 4.74. The van der Waals surface area contributed by atoms with Gasteiger partial charge >= 0.3 is 0 Å². The van der Waals surface area contributed by atoms with Gasteiger partial charge in [-0.25, -0.2) is 0 Å². The molecule has 1 heterocycles. The largest absolute Gasteiger partial charge is 0.494 e. The molecule has 5 heteroatoms. The van der Waals surface area contributed by atoms with Gasteiger partial charge in [-0.1, -0.05) is 17.7 Å². The number of nitrogens with one attached hydrogen (secondary N) is 2.